The molecule has 0 fully saturated rings. The summed E-state index contributed by atoms with van der Waals surface area (Å²) in [4.78, 5) is 8.72. The maximum absolute atomic E-state index is 13.3. The smallest absolute Gasteiger partial charge is 0.263 e. The second kappa shape index (κ2) is 11.5. The van der Waals surface area contributed by atoms with Crippen LogP contribution in [0.4, 0.5) is 5.82 Å². The van der Waals surface area contributed by atoms with E-state index in [4.69, 9.17) is 9.47 Å². The highest BCUT2D eigenvalue weighted by molar-refractivity contribution is 9.10. The highest BCUT2D eigenvalue weighted by Gasteiger charge is 2.22. The Morgan fingerprint density at radius 2 is 1.47 bits per heavy atom. The lowest BCUT2D eigenvalue weighted by molar-refractivity contribution is 0.212. The van der Waals surface area contributed by atoms with Gasteiger partial charge in [-0.25, -0.2) is 18.4 Å². The number of sulfonamides is 1. The van der Waals surface area contributed by atoms with Gasteiger partial charge in [-0.2, -0.15) is 0 Å². The average Bonchev–Trinajstić information content (AvgIpc) is 2.88. The minimum Gasteiger partial charge on any atom is -0.490 e. The summed E-state index contributed by atoms with van der Waals surface area (Å²) in [6, 6.07) is 22.0. The van der Waals surface area contributed by atoms with Crippen LogP contribution in [-0.4, -0.2) is 31.6 Å². The summed E-state index contributed by atoms with van der Waals surface area (Å²) in [7, 11) is -3.92. The molecule has 0 amide bonds. The highest BCUT2D eigenvalue weighted by atomic mass is 79.9. The molecule has 0 saturated carbocycles. The monoisotopic (exact) mass is 595 g/mol. The van der Waals surface area contributed by atoms with Gasteiger partial charge in [0.05, 0.1) is 10.5 Å². The van der Waals surface area contributed by atoms with E-state index in [-0.39, 0.29) is 35.2 Å². The van der Waals surface area contributed by atoms with Gasteiger partial charge >= 0.3 is 0 Å². The highest BCUT2D eigenvalue weighted by Crippen LogP contribution is 2.35. The van der Waals surface area contributed by atoms with Gasteiger partial charge in [0.2, 0.25) is 5.88 Å². The summed E-state index contributed by atoms with van der Waals surface area (Å²) in [6.45, 7) is 8.69. The fourth-order valence-corrected chi connectivity index (χ4v) is 4.97. The zero-order chi connectivity index (χ0) is 27.3. The number of halogens is 1. The van der Waals surface area contributed by atoms with E-state index in [1.807, 2.05) is 67.6 Å². The largest absolute Gasteiger partial charge is 0.490 e. The van der Waals surface area contributed by atoms with Gasteiger partial charge in [0.25, 0.3) is 10.0 Å². The van der Waals surface area contributed by atoms with Crippen LogP contribution in [0.15, 0.2) is 88.5 Å². The number of rotatable bonds is 9. The Morgan fingerprint density at radius 3 is 2.11 bits per heavy atom. The zero-order valence-electron chi connectivity index (χ0n) is 21.7. The summed E-state index contributed by atoms with van der Waals surface area (Å²) in [5.74, 6) is 1.10. The van der Waals surface area contributed by atoms with Gasteiger partial charge < -0.3 is 9.47 Å². The fourth-order valence-electron chi connectivity index (χ4n) is 3.69. The Hall–Kier alpha value is -3.43. The van der Waals surface area contributed by atoms with Crippen molar-refractivity contribution in [1.29, 1.82) is 0 Å². The van der Waals surface area contributed by atoms with Crippen molar-refractivity contribution in [3.05, 3.63) is 94.7 Å². The van der Waals surface area contributed by atoms with Crippen molar-refractivity contribution in [1.82, 2.24) is 9.97 Å². The molecule has 198 valence electrons. The van der Waals surface area contributed by atoms with E-state index in [0.717, 1.165) is 21.2 Å². The van der Waals surface area contributed by atoms with Crippen LogP contribution in [0.1, 0.15) is 31.9 Å². The van der Waals surface area contributed by atoms with Crippen LogP contribution in [0.5, 0.6) is 11.6 Å². The number of hydrogen-bond donors (Lipinski definition) is 1. The van der Waals surface area contributed by atoms with Crippen molar-refractivity contribution in [2.45, 2.75) is 38.0 Å². The van der Waals surface area contributed by atoms with Crippen LogP contribution in [0.2, 0.25) is 0 Å². The third-order valence-electron chi connectivity index (χ3n) is 5.82. The molecule has 0 saturated heterocycles. The van der Waals surface area contributed by atoms with Crippen LogP contribution in [0, 0.1) is 6.92 Å². The number of ether oxygens (including phenoxy) is 2. The minimum absolute atomic E-state index is 0.0890. The van der Waals surface area contributed by atoms with Crippen LogP contribution >= 0.6 is 15.9 Å². The van der Waals surface area contributed by atoms with Crippen LogP contribution in [-0.2, 0) is 15.4 Å². The molecule has 0 atom stereocenters. The van der Waals surface area contributed by atoms with Gasteiger partial charge in [-0.1, -0.05) is 78.7 Å². The standard InChI is InChI=1S/C29H30BrN3O4S/c1-20-5-7-21(8-6-20)26-27(33-38(34,35)25-15-9-22(10-16-25)29(2,3)4)31-19-32-28(26)37-18-17-36-24-13-11-23(30)12-14-24/h5-16,19H,17-18H2,1-4H3,(H,31,32,33). The van der Waals surface area contributed by atoms with E-state index in [0.29, 0.717) is 11.3 Å². The molecule has 4 rings (SSSR count). The van der Waals surface area contributed by atoms with Crippen molar-refractivity contribution < 1.29 is 17.9 Å². The quantitative estimate of drug-likeness (QED) is 0.215. The van der Waals surface area contributed by atoms with Gasteiger partial charge in [0, 0.05) is 4.47 Å². The molecule has 38 heavy (non-hydrogen) atoms. The lowest BCUT2D eigenvalue weighted by Gasteiger charge is -2.19. The molecule has 1 aromatic heterocycles. The topological polar surface area (TPSA) is 90.4 Å². The average molecular weight is 597 g/mol. The third-order valence-corrected chi connectivity index (χ3v) is 7.70. The van der Waals surface area contributed by atoms with E-state index in [1.54, 1.807) is 12.1 Å². The number of benzene rings is 3. The summed E-state index contributed by atoms with van der Waals surface area (Å²) in [5, 5.41) is 0. The summed E-state index contributed by atoms with van der Waals surface area (Å²) < 4.78 is 41.9. The molecule has 0 radical (unpaired) electrons. The van der Waals surface area contributed by atoms with Crippen molar-refractivity contribution >= 4 is 31.8 Å². The van der Waals surface area contributed by atoms with Crippen LogP contribution < -0.4 is 14.2 Å². The molecule has 0 bridgehead atoms. The molecule has 7 nitrogen and oxygen atoms in total. The first-order valence-electron chi connectivity index (χ1n) is 12.1. The van der Waals surface area contributed by atoms with Crippen molar-refractivity contribution in [2.24, 2.45) is 0 Å². The van der Waals surface area contributed by atoms with Crippen LogP contribution in [0.3, 0.4) is 0 Å². The molecule has 0 aliphatic heterocycles. The molecule has 1 heterocycles. The number of nitrogens with one attached hydrogen (secondary N) is 1. The fraction of sp³-hybridized carbons (Fsp3) is 0.241. The number of nitrogens with zero attached hydrogens (tertiary/aromatic N) is 2. The summed E-state index contributed by atoms with van der Waals surface area (Å²) in [6.07, 6.45) is 1.28. The maximum Gasteiger partial charge on any atom is 0.263 e. The Morgan fingerprint density at radius 1 is 0.842 bits per heavy atom. The molecule has 1 N–H and O–H groups in total. The number of hydrogen-bond acceptors (Lipinski definition) is 6. The summed E-state index contributed by atoms with van der Waals surface area (Å²) in [5.41, 5.74) is 3.19. The molecule has 4 aromatic rings. The van der Waals surface area contributed by atoms with Crippen LogP contribution in [0.25, 0.3) is 11.1 Å². The predicted molar refractivity (Wildman–Crippen MR) is 153 cm³/mol. The zero-order valence-corrected chi connectivity index (χ0v) is 24.1. The molecule has 9 heteroatoms. The molecule has 0 unspecified atom stereocenters. The van der Waals surface area contributed by atoms with Gasteiger partial charge in [0.1, 0.15) is 25.3 Å². The van der Waals surface area contributed by atoms with Crippen molar-refractivity contribution in [3.8, 4) is 22.8 Å². The summed E-state index contributed by atoms with van der Waals surface area (Å²) >= 11 is 3.40. The van der Waals surface area contributed by atoms with E-state index in [1.165, 1.54) is 6.33 Å². The third kappa shape index (κ3) is 6.90. The normalized spacial score (nSPS) is 11.7. The van der Waals surface area contributed by atoms with E-state index >= 15 is 0 Å². The lowest BCUT2D eigenvalue weighted by atomic mass is 9.87. The number of aromatic nitrogens is 2. The molecule has 0 spiro atoms. The molecule has 0 aliphatic rings. The Bertz CT molecular complexity index is 1480. The number of anilines is 1. The maximum atomic E-state index is 13.3. The Kier molecular flexibility index (Phi) is 8.38. The van der Waals surface area contributed by atoms with E-state index in [9.17, 15) is 8.42 Å². The van der Waals surface area contributed by atoms with Gasteiger partial charge in [0.15, 0.2) is 5.82 Å². The molecular weight excluding hydrogens is 566 g/mol. The minimum atomic E-state index is -3.92. The van der Waals surface area contributed by atoms with Gasteiger partial charge in [-0.3, -0.25) is 4.72 Å². The predicted octanol–water partition coefficient (Wildman–Crippen LogP) is 6.77. The molecular formula is C29H30BrN3O4S. The van der Waals surface area contributed by atoms with E-state index < -0.39 is 10.0 Å². The van der Waals surface area contributed by atoms with Crippen molar-refractivity contribution in [3.63, 3.8) is 0 Å². The van der Waals surface area contributed by atoms with Crippen molar-refractivity contribution in [2.75, 3.05) is 17.9 Å². The first kappa shape index (κ1) is 27.6. The second-order valence-electron chi connectivity index (χ2n) is 9.80. The van der Waals surface area contributed by atoms with E-state index in [2.05, 4.69) is 51.4 Å². The Labute approximate surface area is 232 Å². The van der Waals surface area contributed by atoms with Gasteiger partial charge in [-0.15, -0.1) is 0 Å². The Balaban J connectivity index is 1.60. The van der Waals surface area contributed by atoms with Gasteiger partial charge in [-0.05, 0) is 59.9 Å². The first-order valence-corrected chi connectivity index (χ1v) is 14.4. The lowest BCUT2D eigenvalue weighted by Crippen LogP contribution is -2.17. The second-order valence-corrected chi connectivity index (χ2v) is 12.4. The molecule has 3 aromatic carbocycles. The SMILES string of the molecule is Cc1ccc(-c2c(NS(=O)(=O)c3ccc(C(C)(C)C)cc3)ncnc2OCCOc2ccc(Br)cc2)cc1. The number of aryl methyl sites for hydroxylation is 1. The first-order chi connectivity index (χ1) is 18.0. The molecule has 0 aliphatic carbocycles.